The quantitative estimate of drug-likeness (QED) is 0.830. The van der Waals surface area contributed by atoms with Gasteiger partial charge in [-0.25, -0.2) is 0 Å². The second kappa shape index (κ2) is 5.82. The molecule has 1 N–H and O–H groups in total. The summed E-state index contributed by atoms with van der Waals surface area (Å²) in [5.41, 5.74) is 0.219. The summed E-state index contributed by atoms with van der Waals surface area (Å²) in [5, 5.41) is 3.51. The van der Waals surface area contributed by atoms with Crippen molar-refractivity contribution in [3.05, 3.63) is 0 Å². The van der Waals surface area contributed by atoms with Crippen molar-refractivity contribution in [1.29, 1.82) is 0 Å². The van der Waals surface area contributed by atoms with Crippen LogP contribution in [0.15, 0.2) is 0 Å². The van der Waals surface area contributed by atoms with Gasteiger partial charge in [0.25, 0.3) is 0 Å². The molecule has 0 radical (unpaired) electrons. The third kappa shape index (κ3) is 4.20. The Hall–Kier alpha value is -0.570. The van der Waals surface area contributed by atoms with Gasteiger partial charge in [0.05, 0.1) is 0 Å². The third-order valence-corrected chi connectivity index (χ3v) is 4.85. The summed E-state index contributed by atoms with van der Waals surface area (Å²) in [6, 6.07) is 1.08. The predicted molar refractivity (Wildman–Crippen MR) is 79.0 cm³/mol. The first-order valence-electron chi connectivity index (χ1n) is 7.91. The molecule has 0 bridgehead atoms. The van der Waals surface area contributed by atoms with E-state index in [9.17, 15) is 4.79 Å². The Kier molecular flexibility index (Phi) is 4.54. The number of nitrogens with one attached hydrogen (secondary N) is 1. The summed E-state index contributed by atoms with van der Waals surface area (Å²) in [4.78, 5) is 14.7. The Morgan fingerprint density at radius 2 is 2.00 bits per heavy atom. The molecule has 1 amide bonds. The van der Waals surface area contributed by atoms with E-state index in [-0.39, 0.29) is 5.41 Å². The van der Waals surface area contributed by atoms with Gasteiger partial charge in [0, 0.05) is 25.0 Å². The van der Waals surface area contributed by atoms with E-state index in [1.807, 2.05) is 0 Å². The van der Waals surface area contributed by atoms with Crippen LogP contribution in [-0.4, -0.2) is 36.0 Å². The molecule has 3 nitrogen and oxygen atoms in total. The van der Waals surface area contributed by atoms with Gasteiger partial charge in [-0.3, -0.25) is 4.79 Å². The lowest BCUT2D eigenvalue weighted by Gasteiger charge is -2.31. The fourth-order valence-corrected chi connectivity index (χ4v) is 2.68. The van der Waals surface area contributed by atoms with E-state index >= 15 is 0 Å². The van der Waals surface area contributed by atoms with Crippen molar-refractivity contribution in [3.63, 3.8) is 0 Å². The average Bonchev–Trinajstić information content (AvgIpc) is 3.02. The fourth-order valence-electron chi connectivity index (χ4n) is 2.68. The maximum Gasteiger partial charge on any atom is 0.223 e. The van der Waals surface area contributed by atoms with Gasteiger partial charge in [0.1, 0.15) is 0 Å². The largest absolute Gasteiger partial charge is 0.338 e. The molecule has 2 unspecified atom stereocenters. The molecule has 0 aromatic rings. The molecule has 2 fully saturated rings. The van der Waals surface area contributed by atoms with E-state index in [4.69, 9.17) is 0 Å². The fraction of sp³-hybridized carbons (Fsp3) is 0.938. The van der Waals surface area contributed by atoms with E-state index in [2.05, 4.69) is 37.9 Å². The summed E-state index contributed by atoms with van der Waals surface area (Å²) in [7, 11) is 0. The first kappa shape index (κ1) is 14.8. The smallest absolute Gasteiger partial charge is 0.223 e. The number of carbonyl (C=O) groups excluding carboxylic acids is 1. The van der Waals surface area contributed by atoms with Gasteiger partial charge in [0.15, 0.2) is 0 Å². The first-order chi connectivity index (χ1) is 8.88. The number of amides is 1. The second-order valence-corrected chi connectivity index (χ2v) is 7.54. The minimum Gasteiger partial charge on any atom is -0.338 e. The van der Waals surface area contributed by atoms with Crippen LogP contribution in [0.3, 0.4) is 0 Å². The topological polar surface area (TPSA) is 32.3 Å². The molecule has 2 rings (SSSR count). The Morgan fingerprint density at radius 3 is 2.47 bits per heavy atom. The Balaban J connectivity index is 1.89. The van der Waals surface area contributed by atoms with Crippen molar-refractivity contribution in [2.75, 3.05) is 13.1 Å². The number of hydrogen-bond acceptors (Lipinski definition) is 2. The lowest BCUT2D eigenvalue weighted by atomic mass is 9.80. The molecule has 1 aliphatic carbocycles. The van der Waals surface area contributed by atoms with Crippen LogP contribution in [0.2, 0.25) is 0 Å². The summed E-state index contributed by atoms with van der Waals surface area (Å²) in [6.45, 7) is 10.9. The maximum atomic E-state index is 12.6. The average molecular weight is 266 g/mol. The van der Waals surface area contributed by atoms with Crippen LogP contribution in [0.1, 0.15) is 59.8 Å². The van der Waals surface area contributed by atoms with Crippen LogP contribution in [0.25, 0.3) is 0 Å². The van der Waals surface area contributed by atoms with Gasteiger partial charge in [0.2, 0.25) is 5.91 Å². The van der Waals surface area contributed by atoms with Gasteiger partial charge in [-0.05, 0) is 43.6 Å². The highest BCUT2D eigenvalue weighted by atomic mass is 16.2. The zero-order valence-corrected chi connectivity index (χ0v) is 13.0. The first-order valence-corrected chi connectivity index (χ1v) is 7.91. The Morgan fingerprint density at radius 1 is 1.32 bits per heavy atom. The standard InChI is InChI=1S/C16H30N2O/c1-12(16(2,3)4)10-15(19)18(14-7-8-14)11-13-6-5-9-17-13/h12-14,17H,5-11H2,1-4H3. The van der Waals surface area contributed by atoms with Crippen LogP contribution < -0.4 is 5.32 Å². The van der Waals surface area contributed by atoms with Gasteiger partial charge in [-0.2, -0.15) is 0 Å². The molecular formula is C16H30N2O. The van der Waals surface area contributed by atoms with Crippen molar-refractivity contribution >= 4 is 5.91 Å². The summed E-state index contributed by atoms with van der Waals surface area (Å²) < 4.78 is 0. The molecule has 0 spiro atoms. The van der Waals surface area contributed by atoms with Crippen molar-refractivity contribution in [1.82, 2.24) is 10.2 Å². The molecule has 1 saturated carbocycles. The van der Waals surface area contributed by atoms with E-state index in [0.717, 1.165) is 13.1 Å². The monoisotopic (exact) mass is 266 g/mol. The van der Waals surface area contributed by atoms with Crippen LogP contribution in [-0.2, 0) is 4.79 Å². The lowest BCUT2D eigenvalue weighted by Crippen LogP contribution is -2.43. The van der Waals surface area contributed by atoms with Crippen molar-refractivity contribution in [2.24, 2.45) is 11.3 Å². The highest BCUT2D eigenvalue weighted by Gasteiger charge is 2.35. The van der Waals surface area contributed by atoms with E-state index in [1.165, 1.54) is 25.7 Å². The van der Waals surface area contributed by atoms with Crippen LogP contribution >= 0.6 is 0 Å². The van der Waals surface area contributed by atoms with E-state index in [0.29, 0.717) is 30.3 Å². The molecule has 1 aliphatic heterocycles. The minimum atomic E-state index is 0.219. The van der Waals surface area contributed by atoms with Gasteiger partial charge < -0.3 is 10.2 Å². The van der Waals surface area contributed by atoms with Crippen LogP contribution in [0, 0.1) is 11.3 Å². The summed E-state index contributed by atoms with van der Waals surface area (Å²) in [5.74, 6) is 0.816. The van der Waals surface area contributed by atoms with E-state index < -0.39 is 0 Å². The Bertz CT molecular complexity index is 311. The van der Waals surface area contributed by atoms with Crippen molar-refractivity contribution in [3.8, 4) is 0 Å². The lowest BCUT2D eigenvalue weighted by molar-refractivity contribution is -0.133. The van der Waals surface area contributed by atoms with Crippen molar-refractivity contribution < 1.29 is 4.79 Å². The molecule has 110 valence electrons. The zero-order chi connectivity index (χ0) is 14.0. The van der Waals surface area contributed by atoms with E-state index in [1.54, 1.807) is 0 Å². The normalized spacial score (nSPS) is 25.4. The van der Waals surface area contributed by atoms with Crippen molar-refractivity contribution in [2.45, 2.75) is 71.9 Å². The number of hydrogen-bond donors (Lipinski definition) is 1. The SMILES string of the molecule is CC(CC(=O)N(CC1CCCN1)C1CC1)C(C)(C)C. The van der Waals surface area contributed by atoms with Gasteiger partial charge in [-0.1, -0.05) is 27.7 Å². The summed E-state index contributed by atoms with van der Waals surface area (Å²) in [6.07, 6.45) is 5.61. The van der Waals surface area contributed by atoms with Crippen LogP contribution in [0.4, 0.5) is 0 Å². The van der Waals surface area contributed by atoms with Gasteiger partial charge in [-0.15, -0.1) is 0 Å². The molecule has 1 heterocycles. The second-order valence-electron chi connectivity index (χ2n) is 7.54. The number of carbonyl (C=O) groups is 1. The molecule has 0 aromatic carbocycles. The maximum absolute atomic E-state index is 12.6. The molecule has 2 atom stereocenters. The molecule has 2 aliphatic rings. The molecular weight excluding hydrogens is 236 g/mol. The predicted octanol–water partition coefficient (Wildman–Crippen LogP) is 2.80. The van der Waals surface area contributed by atoms with Crippen LogP contribution in [0.5, 0.6) is 0 Å². The molecule has 1 saturated heterocycles. The third-order valence-electron chi connectivity index (χ3n) is 4.85. The number of nitrogens with zero attached hydrogens (tertiary/aromatic N) is 1. The molecule has 19 heavy (non-hydrogen) atoms. The minimum absolute atomic E-state index is 0.219. The molecule has 0 aromatic heterocycles. The molecule has 3 heteroatoms. The summed E-state index contributed by atoms with van der Waals surface area (Å²) >= 11 is 0. The zero-order valence-electron chi connectivity index (χ0n) is 13.0. The van der Waals surface area contributed by atoms with Gasteiger partial charge >= 0.3 is 0 Å². The number of rotatable bonds is 5. The Labute approximate surface area is 118 Å². The highest BCUT2D eigenvalue weighted by molar-refractivity contribution is 5.77. The highest BCUT2D eigenvalue weighted by Crippen LogP contribution is 2.32.